The zero-order chi connectivity index (χ0) is 30.3. The Bertz CT molecular complexity index is 1430. The van der Waals surface area contributed by atoms with E-state index < -0.39 is 28.5 Å². The van der Waals surface area contributed by atoms with Crippen LogP contribution >= 0.6 is 0 Å². The minimum Gasteiger partial charge on any atom is -0.352 e. The summed E-state index contributed by atoms with van der Waals surface area (Å²) >= 11 is 0. The number of amides is 2. The second-order valence-corrected chi connectivity index (χ2v) is 13.6. The molecule has 0 saturated heterocycles. The molecule has 0 bridgehead atoms. The minimum atomic E-state index is -3.80. The van der Waals surface area contributed by atoms with E-state index in [-0.39, 0.29) is 24.4 Å². The van der Waals surface area contributed by atoms with Gasteiger partial charge in [0.25, 0.3) is 0 Å². The molecule has 1 saturated carbocycles. The predicted molar refractivity (Wildman–Crippen MR) is 169 cm³/mol. The third kappa shape index (κ3) is 8.44. The van der Waals surface area contributed by atoms with Crippen LogP contribution in [0.15, 0.2) is 78.9 Å². The van der Waals surface area contributed by atoms with Gasteiger partial charge in [-0.15, -0.1) is 0 Å². The molecule has 3 aromatic rings. The smallest absolute Gasteiger partial charge is 0.244 e. The lowest BCUT2D eigenvalue weighted by Gasteiger charge is -2.34. The normalized spacial score (nSPS) is 14.5. The Morgan fingerprint density at radius 1 is 0.881 bits per heavy atom. The van der Waals surface area contributed by atoms with Gasteiger partial charge in [0, 0.05) is 19.0 Å². The first kappa shape index (κ1) is 31.3. The molecule has 0 heterocycles. The van der Waals surface area contributed by atoms with Crippen molar-refractivity contribution in [3.05, 3.63) is 101 Å². The molecule has 7 nitrogen and oxygen atoms in total. The minimum absolute atomic E-state index is 0.0825. The van der Waals surface area contributed by atoms with Crippen LogP contribution < -0.4 is 9.62 Å². The number of nitrogens with one attached hydrogen (secondary N) is 1. The van der Waals surface area contributed by atoms with Gasteiger partial charge in [-0.1, -0.05) is 99.0 Å². The zero-order valence-electron chi connectivity index (χ0n) is 25.1. The van der Waals surface area contributed by atoms with Crippen molar-refractivity contribution in [2.75, 3.05) is 17.1 Å². The number of nitrogens with zero attached hydrogens (tertiary/aromatic N) is 2. The van der Waals surface area contributed by atoms with E-state index in [1.165, 1.54) is 0 Å². The summed E-state index contributed by atoms with van der Waals surface area (Å²) in [6.07, 6.45) is 5.40. The number of benzene rings is 3. The molecule has 0 aromatic heterocycles. The van der Waals surface area contributed by atoms with Crippen LogP contribution in [-0.4, -0.2) is 50.0 Å². The fourth-order valence-corrected chi connectivity index (χ4v) is 6.30. The Kier molecular flexibility index (Phi) is 10.4. The van der Waals surface area contributed by atoms with Gasteiger partial charge in [0.05, 0.1) is 11.9 Å². The van der Waals surface area contributed by atoms with Gasteiger partial charge >= 0.3 is 0 Å². The van der Waals surface area contributed by atoms with E-state index in [9.17, 15) is 18.0 Å². The third-order valence-electron chi connectivity index (χ3n) is 7.97. The average Bonchev–Trinajstić information content (AvgIpc) is 3.47. The Labute approximate surface area is 251 Å². The maximum Gasteiger partial charge on any atom is 0.244 e. The summed E-state index contributed by atoms with van der Waals surface area (Å²) in [5, 5.41) is 3.20. The third-order valence-corrected chi connectivity index (χ3v) is 9.11. The van der Waals surface area contributed by atoms with Crippen molar-refractivity contribution in [2.45, 2.75) is 77.4 Å². The van der Waals surface area contributed by atoms with E-state index in [4.69, 9.17) is 0 Å². The van der Waals surface area contributed by atoms with E-state index in [0.717, 1.165) is 58.5 Å². The van der Waals surface area contributed by atoms with Gasteiger partial charge in [0.15, 0.2) is 0 Å². The van der Waals surface area contributed by atoms with Crippen LogP contribution in [0.3, 0.4) is 0 Å². The lowest BCUT2D eigenvalue weighted by atomic mass is 10.0. The summed E-state index contributed by atoms with van der Waals surface area (Å²) in [5.41, 5.74) is 4.37. The predicted octanol–water partition coefficient (Wildman–Crippen LogP) is 5.58. The number of hydrogen-bond acceptors (Lipinski definition) is 4. The molecule has 0 aliphatic heterocycles. The molecule has 3 aromatic carbocycles. The highest BCUT2D eigenvalue weighted by molar-refractivity contribution is 7.92. The van der Waals surface area contributed by atoms with Crippen LogP contribution in [0.4, 0.5) is 5.69 Å². The standard InChI is InChI=1S/C34H43N3O4S/c1-25(2)29-18-20-31(21-19-29)37(42(4,40)41)24-33(38)36(23-28-16-14-26(3)15-17-28)32(22-27-10-6-5-7-11-27)34(39)35-30-12-8-9-13-30/h5-7,10-11,14-21,25,30,32H,8-9,12-13,22-24H2,1-4H3,(H,35,39). The maximum atomic E-state index is 14.2. The van der Waals surface area contributed by atoms with Crippen LogP contribution in [0.25, 0.3) is 0 Å². The summed E-state index contributed by atoms with van der Waals surface area (Å²) in [7, 11) is -3.80. The molecule has 42 heavy (non-hydrogen) atoms. The second kappa shape index (κ2) is 14.0. The SMILES string of the molecule is Cc1ccc(CN(C(=O)CN(c2ccc(C(C)C)cc2)S(C)(=O)=O)C(Cc2ccccc2)C(=O)NC2CCCC2)cc1. The number of carbonyl (C=O) groups excluding carboxylic acids is 2. The largest absolute Gasteiger partial charge is 0.352 e. The first-order chi connectivity index (χ1) is 20.0. The van der Waals surface area contributed by atoms with Crippen LogP contribution in [0, 0.1) is 6.92 Å². The number of rotatable bonds is 12. The van der Waals surface area contributed by atoms with Gasteiger partial charge in [0.2, 0.25) is 21.8 Å². The van der Waals surface area contributed by atoms with Crippen molar-refractivity contribution < 1.29 is 18.0 Å². The lowest BCUT2D eigenvalue weighted by molar-refractivity contribution is -0.140. The molecule has 0 radical (unpaired) electrons. The van der Waals surface area contributed by atoms with Crippen LogP contribution in [0.5, 0.6) is 0 Å². The molecule has 1 N–H and O–H groups in total. The molecule has 1 fully saturated rings. The molecule has 1 aliphatic carbocycles. The Morgan fingerprint density at radius 2 is 1.50 bits per heavy atom. The Morgan fingerprint density at radius 3 is 2.07 bits per heavy atom. The number of aryl methyl sites for hydroxylation is 1. The van der Waals surface area contributed by atoms with Gasteiger partial charge in [-0.25, -0.2) is 8.42 Å². The molecule has 1 atom stereocenters. The summed E-state index contributed by atoms with van der Waals surface area (Å²) in [6, 6.07) is 24.0. The van der Waals surface area contributed by atoms with Gasteiger partial charge in [-0.3, -0.25) is 13.9 Å². The van der Waals surface area contributed by atoms with Gasteiger partial charge < -0.3 is 10.2 Å². The number of anilines is 1. The molecule has 0 spiro atoms. The molecule has 2 amide bonds. The highest BCUT2D eigenvalue weighted by Gasteiger charge is 2.34. The zero-order valence-corrected chi connectivity index (χ0v) is 25.9. The van der Waals surface area contributed by atoms with E-state index in [2.05, 4.69) is 19.2 Å². The van der Waals surface area contributed by atoms with Gasteiger partial charge in [0.1, 0.15) is 12.6 Å². The van der Waals surface area contributed by atoms with Crippen LogP contribution in [-0.2, 0) is 32.6 Å². The first-order valence-electron chi connectivity index (χ1n) is 14.8. The number of hydrogen-bond donors (Lipinski definition) is 1. The highest BCUT2D eigenvalue weighted by atomic mass is 32.2. The van der Waals surface area contributed by atoms with Crippen molar-refractivity contribution in [1.29, 1.82) is 0 Å². The van der Waals surface area contributed by atoms with Crippen LogP contribution in [0.1, 0.15) is 67.7 Å². The average molecular weight is 590 g/mol. The quantitative estimate of drug-likeness (QED) is 0.299. The summed E-state index contributed by atoms with van der Waals surface area (Å²) in [5.74, 6) is -0.357. The number of carbonyl (C=O) groups is 2. The van der Waals surface area contributed by atoms with Gasteiger partial charge in [-0.2, -0.15) is 0 Å². The van der Waals surface area contributed by atoms with Crippen molar-refractivity contribution in [1.82, 2.24) is 10.2 Å². The topological polar surface area (TPSA) is 86.8 Å². The fraction of sp³-hybridized carbons (Fsp3) is 0.412. The van der Waals surface area contributed by atoms with Gasteiger partial charge in [-0.05, 0) is 54.5 Å². The van der Waals surface area contributed by atoms with Crippen molar-refractivity contribution in [3.8, 4) is 0 Å². The summed E-state index contributed by atoms with van der Waals surface area (Å²) < 4.78 is 27.1. The lowest BCUT2D eigenvalue weighted by Crippen LogP contribution is -2.54. The Hall–Kier alpha value is -3.65. The van der Waals surface area contributed by atoms with Crippen molar-refractivity contribution in [2.24, 2.45) is 0 Å². The van der Waals surface area contributed by atoms with E-state index >= 15 is 0 Å². The molecule has 1 unspecified atom stereocenters. The van der Waals surface area contributed by atoms with Crippen molar-refractivity contribution in [3.63, 3.8) is 0 Å². The number of sulfonamides is 1. The van der Waals surface area contributed by atoms with E-state index in [1.807, 2.05) is 73.7 Å². The second-order valence-electron chi connectivity index (χ2n) is 11.7. The summed E-state index contributed by atoms with van der Waals surface area (Å²) in [4.78, 5) is 29.7. The summed E-state index contributed by atoms with van der Waals surface area (Å²) in [6.45, 7) is 5.90. The highest BCUT2D eigenvalue weighted by Crippen LogP contribution is 2.24. The molecule has 224 valence electrons. The fourth-order valence-electron chi connectivity index (χ4n) is 5.45. The molecule has 1 aliphatic rings. The van der Waals surface area contributed by atoms with Crippen molar-refractivity contribution >= 4 is 27.5 Å². The van der Waals surface area contributed by atoms with E-state index in [1.54, 1.807) is 17.0 Å². The van der Waals surface area contributed by atoms with E-state index in [0.29, 0.717) is 12.1 Å². The molecular weight excluding hydrogens is 546 g/mol. The molecule has 4 rings (SSSR count). The molecule has 8 heteroatoms. The maximum absolute atomic E-state index is 14.2. The monoisotopic (exact) mass is 589 g/mol. The first-order valence-corrected chi connectivity index (χ1v) is 16.6. The molecular formula is C34H43N3O4S. The Balaban J connectivity index is 1.71. The van der Waals surface area contributed by atoms with Crippen LogP contribution in [0.2, 0.25) is 0 Å².